The Kier molecular flexibility index (Phi) is 37.9. The van der Waals surface area contributed by atoms with Gasteiger partial charge in [-0.05, 0) is 51.4 Å². The molecule has 0 heterocycles. The van der Waals surface area contributed by atoms with Crippen LogP contribution in [0.25, 0.3) is 0 Å². The summed E-state index contributed by atoms with van der Waals surface area (Å²) in [6.45, 7) is 3.87. The van der Waals surface area contributed by atoms with Gasteiger partial charge in [0.15, 0.2) is 6.10 Å². The van der Waals surface area contributed by atoms with E-state index in [4.69, 9.17) is 18.5 Å². The molecule has 0 aliphatic heterocycles. The van der Waals surface area contributed by atoms with Crippen LogP contribution in [0.4, 0.5) is 0 Å². The van der Waals surface area contributed by atoms with Gasteiger partial charge >= 0.3 is 19.8 Å². The second-order valence-electron chi connectivity index (χ2n) is 16.7. The van der Waals surface area contributed by atoms with Crippen molar-refractivity contribution in [3.8, 4) is 0 Å². The lowest BCUT2D eigenvalue weighted by Gasteiger charge is -2.24. The fraction of sp³-hybridized carbons (Fsp3) is 0.750. The minimum atomic E-state index is -4.41. The lowest BCUT2D eigenvalue weighted by Crippen LogP contribution is -2.37. The third kappa shape index (κ3) is 41.0. The fourth-order valence-electron chi connectivity index (χ4n) is 5.97. The molecular weight excluding hydrogens is 781 g/mol. The molecule has 0 rings (SSSR count). The van der Waals surface area contributed by atoms with E-state index in [1.807, 2.05) is 52.4 Å². The van der Waals surface area contributed by atoms with Crippen molar-refractivity contribution < 1.29 is 52.3 Å². The number of allylic oxidation sites excluding steroid dienone is 9. The molecular formula is C48H87NO10P+. The maximum Gasteiger partial charge on any atom is 0.472 e. The lowest BCUT2D eigenvalue weighted by molar-refractivity contribution is -0.870. The summed E-state index contributed by atoms with van der Waals surface area (Å²) in [6.07, 6.45) is 41.4. The minimum absolute atomic E-state index is 0.00579. The Morgan fingerprint density at radius 3 is 1.53 bits per heavy atom. The van der Waals surface area contributed by atoms with Gasteiger partial charge in [0, 0.05) is 12.8 Å². The molecule has 0 bridgehead atoms. The summed E-state index contributed by atoms with van der Waals surface area (Å²) in [7, 11) is 1.39. The quantitative estimate of drug-likeness (QED) is 0.0178. The Morgan fingerprint density at radius 2 is 1.05 bits per heavy atom. The van der Waals surface area contributed by atoms with Crippen LogP contribution >= 0.6 is 7.82 Å². The van der Waals surface area contributed by atoms with Crippen molar-refractivity contribution in [2.24, 2.45) is 0 Å². The zero-order valence-corrected chi connectivity index (χ0v) is 39.3. The van der Waals surface area contributed by atoms with Gasteiger partial charge in [0.1, 0.15) is 19.8 Å². The van der Waals surface area contributed by atoms with Crippen LogP contribution in [0.15, 0.2) is 60.8 Å². The number of aliphatic hydroxyl groups excluding tert-OH is 2. The lowest BCUT2D eigenvalue weighted by atomic mass is 10.0. The molecule has 0 radical (unpaired) electrons. The maximum atomic E-state index is 12.7. The molecule has 0 saturated carbocycles. The average Bonchev–Trinajstić information content (AvgIpc) is 3.20. The molecule has 0 aromatic carbocycles. The van der Waals surface area contributed by atoms with Crippen molar-refractivity contribution in [1.29, 1.82) is 0 Å². The minimum Gasteiger partial charge on any atom is -0.462 e. The summed E-state index contributed by atoms with van der Waals surface area (Å²) in [6, 6.07) is 0. The van der Waals surface area contributed by atoms with Gasteiger partial charge in [-0.2, -0.15) is 0 Å². The van der Waals surface area contributed by atoms with E-state index in [1.165, 1.54) is 77.0 Å². The van der Waals surface area contributed by atoms with Crippen molar-refractivity contribution in [2.45, 2.75) is 186 Å². The van der Waals surface area contributed by atoms with Gasteiger partial charge < -0.3 is 29.1 Å². The van der Waals surface area contributed by atoms with E-state index in [0.29, 0.717) is 30.3 Å². The summed E-state index contributed by atoms with van der Waals surface area (Å²) < 4.78 is 34.2. The molecule has 11 nitrogen and oxygen atoms in total. The molecule has 0 amide bonds. The van der Waals surface area contributed by atoms with E-state index < -0.39 is 44.7 Å². The molecule has 0 aliphatic rings. The second-order valence-corrected chi connectivity index (χ2v) is 18.2. The zero-order valence-electron chi connectivity index (χ0n) is 38.4. The number of phosphoric ester groups is 1. The Morgan fingerprint density at radius 1 is 0.583 bits per heavy atom. The van der Waals surface area contributed by atoms with Crippen LogP contribution in [-0.4, -0.2) is 97.3 Å². The van der Waals surface area contributed by atoms with Gasteiger partial charge in [-0.3, -0.25) is 18.6 Å². The first-order chi connectivity index (χ1) is 28.8. The fourth-order valence-corrected chi connectivity index (χ4v) is 6.71. The van der Waals surface area contributed by atoms with E-state index >= 15 is 0 Å². The number of hydrogen-bond donors (Lipinski definition) is 3. The van der Waals surface area contributed by atoms with Crippen molar-refractivity contribution >= 4 is 19.8 Å². The highest BCUT2D eigenvalue weighted by Gasteiger charge is 2.27. The first-order valence-electron chi connectivity index (χ1n) is 23.2. The Balaban J connectivity index is 4.49. The number of likely N-dealkylation sites (N-methyl/N-ethyl adjacent to an activating group) is 1. The molecule has 348 valence electrons. The van der Waals surface area contributed by atoms with Crippen molar-refractivity contribution in [3.05, 3.63) is 60.8 Å². The number of aliphatic hydroxyl groups is 2. The molecule has 4 unspecified atom stereocenters. The smallest absolute Gasteiger partial charge is 0.462 e. The number of nitrogens with zero attached hydrogens (tertiary/aromatic N) is 1. The molecule has 0 spiro atoms. The molecule has 0 aliphatic carbocycles. The van der Waals surface area contributed by atoms with Crippen LogP contribution < -0.4 is 0 Å². The van der Waals surface area contributed by atoms with Crippen LogP contribution in [0.2, 0.25) is 0 Å². The van der Waals surface area contributed by atoms with Gasteiger partial charge in [-0.1, -0.05) is 164 Å². The number of ether oxygens (including phenoxy) is 2. The normalized spacial score (nSPS) is 15.1. The molecule has 3 N–H and O–H groups in total. The molecule has 0 aromatic heterocycles. The summed E-state index contributed by atoms with van der Waals surface area (Å²) in [5, 5.41) is 19.3. The van der Waals surface area contributed by atoms with Crippen molar-refractivity contribution in [1.82, 2.24) is 0 Å². The number of carbonyl (C=O) groups excluding carboxylic acids is 2. The maximum absolute atomic E-state index is 12.7. The molecule has 0 aromatic rings. The number of quaternary nitrogens is 1. The molecule has 12 heteroatoms. The summed E-state index contributed by atoms with van der Waals surface area (Å²) in [4.78, 5) is 35.4. The van der Waals surface area contributed by atoms with Crippen LogP contribution in [-0.2, 0) is 32.7 Å². The predicted octanol–water partition coefficient (Wildman–Crippen LogP) is 11.2. The Hall–Kier alpha value is -2.37. The highest BCUT2D eigenvalue weighted by Crippen LogP contribution is 2.43. The van der Waals surface area contributed by atoms with Gasteiger partial charge in [-0.25, -0.2) is 4.57 Å². The van der Waals surface area contributed by atoms with E-state index in [2.05, 4.69) is 43.4 Å². The number of rotatable bonds is 41. The SMILES string of the molecule is CCCCCCCCCCCCCCCCCC(=O)OCC(COP(=O)(O)OCC[N+](C)(C)C)OC(=O)CC/C=C/C/C=C/C/C=C/C/C=C/C/C=C/CC(O)C(O)CC. The zero-order chi connectivity index (χ0) is 44.6. The first kappa shape index (κ1) is 57.6. The standard InChI is InChI=1S/C48H86NO10P/c1-6-8-9-10-11-12-13-14-16-20-23-26-29-32-35-38-47(52)56-42-44(43-58-60(54,55)57-41-40-49(3,4)5)59-48(53)39-36-33-30-27-24-21-18-15-17-19-22-25-28-31-34-37-46(51)45(50)7-2/h15,17,21-22,24-25,30-31,33-34,44-46,50-51H,6-14,16,18-20,23,26-29,32,35-43H2,1-5H3/p+1/b17-15+,24-21+,25-22+,33-30+,34-31+. The van der Waals surface area contributed by atoms with Crippen molar-refractivity contribution in [2.75, 3.05) is 47.5 Å². The monoisotopic (exact) mass is 869 g/mol. The molecule has 60 heavy (non-hydrogen) atoms. The molecule has 4 atom stereocenters. The Labute approximate surface area is 365 Å². The van der Waals surface area contributed by atoms with Gasteiger partial charge in [0.05, 0.1) is 40.0 Å². The highest BCUT2D eigenvalue weighted by molar-refractivity contribution is 7.47. The largest absolute Gasteiger partial charge is 0.472 e. The molecule has 0 saturated heterocycles. The highest BCUT2D eigenvalue weighted by atomic mass is 31.2. The number of hydrogen-bond acceptors (Lipinski definition) is 9. The first-order valence-corrected chi connectivity index (χ1v) is 24.7. The number of unbranched alkanes of at least 4 members (excludes halogenated alkanes) is 14. The van der Waals surface area contributed by atoms with E-state index in [1.54, 1.807) is 0 Å². The van der Waals surface area contributed by atoms with Gasteiger partial charge in [0.25, 0.3) is 0 Å². The van der Waals surface area contributed by atoms with Crippen LogP contribution in [0.3, 0.4) is 0 Å². The number of carbonyl (C=O) groups is 2. The molecule has 0 fully saturated rings. The van der Waals surface area contributed by atoms with E-state index in [9.17, 15) is 29.3 Å². The summed E-state index contributed by atoms with van der Waals surface area (Å²) >= 11 is 0. The van der Waals surface area contributed by atoms with E-state index in [-0.39, 0.29) is 26.1 Å². The van der Waals surface area contributed by atoms with Crippen LogP contribution in [0, 0.1) is 0 Å². The summed E-state index contributed by atoms with van der Waals surface area (Å²) in [5.41, 5.74) is 0. The van der Waals surface area contributed by atoms with Crippen LogP contribution in [0.1, 0.15) is 168 Å². The number of phosphoric acid groups is 1. The third-order valence-corrected chi connectivity index (χ3v) is 10.8. The van der Waals surface area contributed by atoms with Crippen molar-refractivity contribution in [3.63, 3.8) is 0 Å². The number of esters is 2. The van der Waals surface area contributed by atoms with E-state index in [0.717, 1.165) is 44.9 Å². The van der Waals surface area contributed by atoms with Gasteiger partial charge in [-0.15, -0.1) is 0 Å². The second kappa shape index (κ2) is 39.5. The summed E-state index contributed by atoms with van der Waals surface area (Å²) in [5.74, 6) is -0.926. The predicted molar refractivity (Wildman–Crippen MR) is 245 cm³/mol. The van der Waals surface area contributed by atoms with Gasteiger partial charge in [0.2, 0.25) is 0 Å². The Bertz CT molecular complexity index is 1240. The third-order valence-electron chi connectivity index (χ3n) is 9.83. The van der Waals surface area contributed by atoms with Crippen LogP contribution in [0.5, 0.6) is 0 Å². The average molecular weight is 869 g/mol. The topological polar surface area (TPSA) is 149 Å².